The Morgan fingerprint density at radius 1 is 0.889 bits per heavy atom. The van der Waals surface area contributed by atoms with Crippen LogP contribution in [-0.2, 0) is 7.05 Å². The lowest BCUT2D eigenvalue weighted by Gasteiger charge is -2.08. The molecule has 0 spiro atoms. The van der Waals surface area contributed by atoms with Crippen LogP contribution in [0.4, 0.5) is 0 Å². The number of rotatable bonds is 3. The average molecular weight is 355 g/mol. The molecule has 4 nitrogen and oxygen atoms in total. The molecule has 1 aromatic heterocycles. The summed E-state index contributed by atoms with van der Waals surface area (Å²) in [5.41, 5.74) is 3.86. The fraction of sp³-hybridized carbons (Fsp3) is 0.0435. The summed E-state index contributed by atoms with van der Waals surface area (Å²) in [6, 6.07) is 19.9. The number of para-hydroxylation sites is 1. The standard InChI is InChI=1S/C23H17NO3/c1-24-20-5-3-2-4-18(20)22(23(26)27)19-14-16(10-13-21(19)24)7-6-15-8-11-17(25)12-9-15/h2-14H,1H3,(H-,25,26,27). The molecule has 0 amide bonds. The van der Waals surface area contributed by atoms with E-state index in [1.807, 2.05) is 66.2 Å². The van der Waals surface area contributed by atoms with Gasteiger partial charge in [-0.2, -0.15) is 4.57 Å². The lowest BCUT2D eigenvalue weighted by Crippen LogP contribution is -2.31. The maximum atomic E-state index is 12.0. The number of aryl methyl sites for hydroxylation is 1. The van der Waals surface area contributed by atoms with Crippen LogP contribution in [0.2, 0.25) is 0 Å². The number of carboxylic acids is 1. The molecule has 0 saturated carbocycles. The van der Waals surface area contributed by atoms with Gasteiger partial charge in [0.05, 0.1) is 16.3 Å². The van der Waals surface area contributed by atoms with E-state index >= 15 is 0 Å². The van der Waals surface area contributed by atoms with E-state index in [0.29, 0.717) is 16.3 Å². The molecule has 4 rings (SSSR count). The number of hydrogen-bond acceptors (Lipinski definition) is 2. The molecular weight excluding hydrogens is 338 g/mol. The Labute approximate surface area is 156 Å². The van der Waals surface area contributed by atoms with Gasteiger partial charge in [-0.3, -0.25) is 0 Å². The summed E-state index contributed by atoms with van der Waals surface area (Å²) in [4.78, 5) is 12.0. The highest BCUT2D eigenvalue weighted by Gasteiger charge is 2.21. The van der Waals surface area contributed by atoms with Gasteiger partial charge in [-0.1, -0.05) is 48.6 Å². The minimum Gasteiger partial charge on any atom is -0.872 e. The van der Waals surface area contributed by atoms with E-state index in [2.05, 4.69) is 0 Å². The van der Waals surface area contributed by atoms with Crippen molar-refractivity contribution in [3.63, 3.8) is 0 Å². The van der Waals surface area contributed by atoms with Crippen LogP contribution in [0.3, 0.4) is 0 Å². The summed E-state index contributed by atoms with van der Waals surface area (Å²) >= 11 is 0. The molecule has 0 atom stereocenters. The van der Waals surface area contributed by atoms with E-state index in [4.69, 9.17) is 0 Å². The minimum absolute atomic E-state index is 0.0247. The van der Waals surface area contributed by atoms with Gasteiger partial charge in [-0.05, 0) is 29.3 Å². The largest absolute Gasteiger partial charge is 0.872 e. The number of fused-ring (bicyclic) bond motifs is 2. The summed E-state index contributed by atoms with van der Waals surface area (Å²) < 4.78 is 2.01. The zero-order valence-corrected chi connectivity index (χ0v) is 14.7. The first-order valence-corrected chi connectivity index (χ1v) is 8.57. The van der Waals surface area contributed by atoms with E-state index in [1.165, 1.54) is 12.1 Å². The molecule has 0 aliphatic heterocycles. The van der Waals surface area contributed by atoms with Crippen LogP contribution in [0.1, 0.15) is 21.5 Å². The molecule has 3 aromatic carbocycles. The molecular formula is C23H17NO3. The third kappa shape index (κ3) is 3.02. The van der Waals surface area contributed by atoms with E-state index < -0.39 is 5.97 Å². The zero-order valence-electron chi connectivity index (χ0n) is 14.7. The maximum absolute atomic E-state index is 12.0. The molecule has 27 heavy (non-hydrogen) atoms. The number of pyridine rings is 1. The highest BCUT2D eigenvalue weighted by atomic mass is 16.4. The lowest BCUT2D eigenvalue weighted by atomic mass is 10.00. The van der Waals surface area contributed by atoms with Crippen LogP contribution in [-0.4, -0.2) is 11.1 Å². The van der Waals surface area contributed by atoms with Crippen molar-refractivity contribution in [2.45, 2.75) is 0 Å². The van der Waals surface area contributed by atoms with Crippen molar-refractivity contribution in [3.8, 4) is 5.75 Å². The molecule has 0 bridgehead atoms. The second kappa shape index (κ2) is 6.57. The number of hydrogen-bond donors (Lipinski definition) is 1. The molecule has 1 N–H and O–H groups in total. The third-order valence-corrected chi connectivity index (χ3v) is 4.75. The summed E-state index contributed by atoms with van der Waals surface area (Å²) in [6.45, 7) is 0. The van der Waals surface area contributed by atoms with Gasteiger partial charge in [-0.25, -0.2) is 4.79 Å². The Kier molecular flexibility index (Phi) is 4.09. The topological polar surface area (TPSA) is 64.2 Å². The van der Waals surface area contributed by atoms with Gasteiger partial charge in [0.2, 0.25) is 11.0 Å². The number of nitrogens with zero attached hydrogens (tertiary/aromatic N) is 1. The van der Waals surface area contributed by atoms with Gasteiger partial charge < -0.3 is 10.2 Å². The SMILES string of the molecule is C[n+]1c2ccccc2c(C(=O)O)c2cc(C=Cc3ccc([O-])cc3)ccc21. The van der Waals surface area contributed by atoms with Crippen LogP contribution in [0.25, 0.3) is 34.0 Å². The highest BCUT2D eigenvalue weighted by molar-refractivity contribution is 6.12. The second-order valence-corrected chi connectivity index (χ2v) is 6.44. The Hall–Kier alpha value is -3.66. The molecule has 0 aliphatic rings. The molecule has 132 valence electrons. The summed E-state index contributed by atoms with van der Waals surface area (Å²) in [6.07, 6.45) is 3.82. The second-order valence-electron chi connectivity index (χ2n) is 6.44. The van der Waals surface area contributed by atoms with Crippen molar-refractivity contribution in [2.24, 2.45) is 7.05 Å². The fourth-order valence-electron chi connectivity index (χ4n) is 3.40. The Bertz CT molecular complexity index is 1210. The van der Waals surface area contributed by atoms with Crippen LogP contribution in [0.5, 0.6) is 5.75 Å². The molecule has 1 heterocycles. The van der Waals surface area contributed by atoms with Gasteiger partial charge in [0.1, 0.15) is 7.05 Å². The van der Waals surface area contributed by atoms with Crippen molar-refractivity contribution < 1.29 is 19.6 Å². The molecule has 4 aromatic rings. The van der Waals surface area contributed by atoms with E-state index in [-0.39, 0.29) is 5.75 Å². The molecule has 4 heteroatoms. The van der Waals surface area contributed by atoms with Gasteiger partial charge >= 0.3 is 5.97 Å². The number of benzene rings is 3. The van der Waals surface area contributed by atoms with Crippen LogP contribution in [0, 0.1) is 0 Å². The van der Waals surface area contributed by atoms with Crippen molar-refractivity contribution >= 4 is 39.9 Å². The summed E-state index contributed by atoms with van der Waals surface area (Å²) in [5, 5.41) is 22.5. The van der Waals surface area contributed by atoms with Crippen molar-refractivity contribution in [2.75, 3.05) is 0 Å². The number of carbonyl (C=O) groups is 1. The average Bonchev–Trinajstić information content (AvgIpc) is 2.67. The number of aromatic nitrogens is 1. The number of carboxylic acid groups (broad SMARTS) is 1. The fourth-order valence-corrected chi connectivity index (χ4v) is 3.40. The monoisotopic (exact) mass is 355 g/mol. The van der Waals surface area contributed by atoms with E-state index in [9.17, 15) is 15.0 Å². The molecule has 0 saturated heterocycles. The first-order chi connectivity index (χ1) is 13.0. The summed E-state index contributed by atoms with van der Waals surface area (Å²) in [5.74, 6) is -0.965. The smallest absolute Gasteiger partial charge is 0.337 e. The molecule has 0 radical (unpaired) electrons. The van der Waals surface area contributed by atoms with Crippen LogP contribution < -0.4 is 9.67 Å². The predicted molar refractivity (Wildman–Crippen MR) is 104 cm³/mol. The lowest BCUT2D eigenvalue weighted by molar-refractivity contribution is -0.617. The minimum atomic E-state index is -0.941. The summed E-state index contributed by atoms with van der Waals surface area (Å²) in [7, 11) is 1.94. The Morgan fingerprint density at radius 3 is 2.26 bits per heavy atom. The normalized spacial score (nSPS) is 11.4. The van der Waals surface area contributed by atoms with Gasteiger partial charge in [0.15, 0.2) is 0 Å². The van der Waals surface area contributed by atoms with Gasteiger partial charge in [0, 0.05) is 12.1 Å². The zero-order chi connectivity index (χ0) is 19.0. The first-order valence-electron chi connectivity index (χ1n) is 8.57. The van der Waals surface area contributed by atoms with Crippen LogP contribution >= 0.6 is 0 Å². The van der Waals surface area contributed by atoms with E-state index in [1.54, 1.807) is 12.1 Å². The number of aromatic carboxylic acids is 1. The van der Waals surface area contributed by atoms with Crippen LogP contribution in [0.15, 0.2) is 66.7 Å². The highest BCUT2D eigenvalue weighted by Crippen LogP contribution is 2.26. The van der Waals surface area contributed by atoms with E-state index in [0.717, 1.165) is 22.2 Å². The quantitative estimate of drug-likeness (QED) is 0.346. The molecule has 0 fully saturated rings. The predicted octanol–water partition coefficient (Wildman–Crippen LogP) is 3.76. The van der Waals surface area contributed by atoms with Crippen molar-refractivity contribution in [1.82, 2.24) is 0 Å². The van der Waals surface area contributed by atoms with Crippen molar-refractivity contribution in [3.05, 3.63) is 83.4 Å². The van der Waals surface area contributed by atoms with Gasteiger partial charge in [0.25, 0.3) is 0 Å². The Balaban J connectivity index is 1.91. The van der Waals surface area contributed by atoms with Gasteiger partial charge in [-0.15, -0.1) is 5.75 Å². The third-order valence-electron chi connectivity index (χ3n) is 4.75. The maximum Gasteiger partial charge on any atom is 0.337 e. The molecule has 0 unspecified atom stereocenters. The van der Waals surface area contributed by atoms with Crippen molar-refractivity contribution in [1.29, 1.82) is 0 Å². The Morgan fingerprint density at radius 2 is 1.52 bits per heavy atom. The first kappa shape index (κ1) is 16.8. The molecule has 0 aliphatic carbocycles.